The predicted octanol–water partition coefficient (Wildman–Crippen LogP) is 4.70. The molecule has 3 aromatic rings. The molecule has 3 fully saturated rings. The zero-order chi connectivity index (χ0) is 35.8. The van der Waals surface area contributed by atoms with Crippen molar-refractivity contribution in [3.8, 4) is 28.7 Å². The van der Waals surface area contributed by atoms with E-state index in [-0.39, 0.29) is 41.8 Å². The highest BCUT2D eigenvalue weighted by atomic mass is 16.7. The number of nitrogens with zero attached hydrogens (tertiary/aromatic N) is 2. The number of amides is 2. The van der Waals surface area contributed by atoms with Crippen LogP contribution in [-0.2, 0) is 27.2 Å². The number of rotatable bonds is 9. The second kappa shape index (κ2) is 14.6. The average molecular weight is 712 g/mol. The Bertz CT molecular complexity index is 1800. The number of hydrogen-bond acceptors (Lipinski definition) is 10. The molecule has 3 heterocycles. The van der Waals surface area contributed by atoms with E-state index in [1.165, 1.54) is 39.9 Å². The van der Waals surface area contributed by atoms with E-state index in [0.717, 1.165) is 35.3 Å². The highest BCUT2D eigenvalue weighted by Gasteiger charge is 2.48. The quantitative estimate of drug-likeness (QED) is 0.313. The molecule has 3 aromatic carbocycles. The van der Waals surface area contributed by atoms with Crippen LogP contribution in [0.2, 0.25) is 0 Å². The Morgan fingerprint density at radius 1 is 0.904 bits per heavy atom. The van der Waals surface area contributed by atoms with E-state index >= 15 is 0 Å². The Kier molecular flexibility index (Phi) is 9.57. The maximum absolute atomic E-state index is 14.0. The molecule has 274 valence electrons. The minimum atomic E-state index is -0.846. The maximum atomic E-state index is 14.0. The van der Waals surface area contributed by atoms with Crippen LogP contribution >= 0.6 is 0 Å². The summed E-state index contributed by atoms with van der Waals surface area (Å²) in [7, 11) is 2.96. The summed E-state index contributed by atoms with van der Waals surface area (Å²) < 4.78 is 34.4. The molecule has 0 spiro atoms. The number of piperazine rings is 1. The van der Waals surface area contributed by atoms with Crippen molar-refractivity contribution in [1.82, 2.24) is 15.1 Å². The van der Waals surface area contributed by atoms with Crippen molar-refractivity contribution in [3.05, 3.63) is 76.9 Å². The number of ether oxygens (including phenoxy) is 6. The summed E-state index contributed by atoms with van der Waals surface area (Å²) in [6.07, 6.45) is 5.16. The lowest BCUT2D eigenvalue weighted by atomic mass is 9.67. The van der Waals surface area contributed by atoms with Crippen molar-refractivity contribution in [3.63, 3.8) is 0 Å². The second-order valence-corrected chi connectivity index (χ2v) is 14.3. The summed E-state index contributed by atoms with van der Waals surface area (Å²) in [5.41, 5.74) is 3.65. The summed E-state index contributed by atoms with van der Waals surface area (Å²) in [4.78, 5) is 45.3. The molecule has 4 atom stereocenters. The number of cyclic esters (lactones) is 1. The van der Waals surface area contributed by atoms with E-state index < -0.39 is 24.0 Å². The summed E-state index contributed by atoms with van der Waals surface area (Å²) in [5.74, 6) is 0.613. The van der Waals surface area contributed by atoms with Gasteiger partial charge in [-0.2, -0.15) is 0 Å². The lowest BCUT2D eigenvalue weighted by molar-refractivity contribution is -0.141. The molecule has 0 radical (unpaired) electrons. The first-order chi connectivity index (χ1) is 25.4. The highest BCUT2D eigenvalue weighted by molar-refractivity contribution is 5.87. The number of carbonyl (C=O) groups is 3. The van der Waals surface area contributed by atoms with Gasteiger partial charge in [0.1, 0.15) is 6.04 Å². The fourth-order valence-corrected chi connectivity index (χ4v) is 8.80. The Morgan fingerprint density at radius 2 is 1.60 bits per heavy atom. The van der Waals surface area contributed by atoms with Gasteiger partial charge in [-0.25, -0.2) is 4.79 Å². The lowest BCUT2D eigenvalue weighted by Crippen LogP contribution is -2.57. The van der Waals surface area contributed by atoms with Gasteiger partial charge in [0, 0.05) is 50.5 Å². The molecule has 2 aliphatic carbocycles. The smallest absolute Gasteiger partial charge is 0.413 e. The Morgan fingerprint density at radius 3 is 2.29 bits per heavy atom. The number of benzene rings is 3. The van der Waals surface area contributed by atoms with E-state index in [2.05, 4.69) is 10.2 Å². The van der Waals surface area contributed by atoms with Crippen molar-refractivity contribution in [2.24, 2.45) is 11.8 Å². The van der Waals surface area contributed by atoms with Gasteiger partial charge in [-0.05, 0) is 65.8 Å². The molecule has 1 N–H and O–H groups in total. The molecule has 1 saturated carbocycles. The van der Waals surface area contributed by atoms with E-state index in [9.17, 15) is 14.4 Å². The molecule has 0 aromatic heterocycles. The lowest BCUT2D eigenvalue weighted by Gasteiger charge is -2.39. The topological polar surface area (TPSA) is 125 Å². The Hall–Kier alpha value is -4.97. The number of esters is 1. The van der Waals surface area contributed by atoms with Crippen LogP contribution in [0.25, 0.3) is 0 Å². The predicted molar refractivity (Wildman–Crippen MR) is 189 cm³/mol. The zero-order valence-electron chi connectivity index (χ0n) is 29.6. The monoisotopic (exact) mass is 711 g/mol. The zero-order valence-corrected chi connectivity index (χ0v) is 29.6. The van der Waals surface area contributed by atoms with Gasteiger partial charge >= 0.3 is 12.1 Å². The molecule has 52 heavy (non-hydrogen) atoms. The van der Waals surface area contributed by atoms with Gasteiger partial charge in [-0.1, -0.05) is 43.2 Å². The van der Waals surface area contributed by atoms with Crippen molar-refractivity contribution >= 4 is 18.0 Å². The largest absolute Gasteiger partial charge is 0.493 e. The number of methoxy groups -OCH3 is 2. The molecular weight excluding hydrogens is 666 g/mol. The average Bonchev–Trinajstić information content (AvgIpc) is 3.95. The van der Waals surface area contributed by atoms with Gasteiger partial charge < -0.3 is 38.6 Å². The highest BCUT2D eigenvalue weighted by Crippen LogP contribution is 2.52. The first-order valence-electron chi connectivity index (χ1n) is 18.3. The van der Waals surface area contributed by atoms with Crippen LogP contribution in [0.5, 0.6) is 28.7 Å². The molecule has 0 unspecified atom stereocenters. The van der Waals surface area contributed by atoms with Crippen molar-refractivity contribution in [2.45, 2.75) is 56.5 Å². The number of fused-ring (bicyclic) bond motifs is 3. The third-order valence-corrected chi connectivity index (χ3v) is 11.4. The molecule has 0 bridgehead atoms. The first kappa shape index (κ1) is 34.1. The molecule has 2 saturated heterocycles. The fraction of sp³-hybridized carbons (Fsp3) is 0.475. The van der Waals surface area contributed by atoms with Gasteiger partial charge in [0.25, 0.3) is 0 Å². The standard InChI is InChI=1S/C40H45N3O9/c1-47-33-19-26(35-29-21-32-31(50-23-51-32)18-25(29)17-27-22-49-39(45)36(27)35)20-34(48-2)37(33)52-40(46)41-30(16-24-8-4-3-5-9-24)38(44)43-14-12-42(13-15-43)28-10-6-7-11-28/h3-5,8-9,18-21,27-28,30,35-36H,6-7,10-17,22-23H2,1-2H3,(H,41,46)/t27-,30+,35+,36-/m0/s1. The summed E-state index contributed by atoms with van der Waals surface area (Å²) >= 11 is 0. The summed E-state index contributed by atoms with van der Waals surface area (Å²) in [6.45, 7) is 3.36. The van der Waals surface area contributed by atoms with Crippen LogP contribution in [0.1, 0.15) is 53.9 Å². The molecule has 8 rings (SSSR count). The molecule has 2 amide bonds. The van der Waals surface area contributed by atoms with Crippen LogP contribution in [0.15, 0.2) is 54.6 Å². The van der Waals surface area contributed by atoms with Crippen LogP contribution in [0.4, 0.5) is 4.79 Å². The van der Waals surface area contributed by atoms with Crippen LogP contribution in [0, 0.1) is 11.8 Å². The normalized spacial score (nSPS) is 23.0. The first-order valence-corrected chi connectivity index (χ1v) is 18.3. The van der Waals surface area contributed by atoms with Gasteiger partial charge in [-0.3, -0.25) is 14.5 Å². The molecule has 3 aliphatic heterocycles. The van der Waals surface area contributed by atoms with Gasteiger partial charge in [0.05, 0.1) is 26.7 Å². The molecule has 5 aliphatic rings. The summed E-state index contributed by atoms with van der Waals surface area (Å²) in [6, 6.07) is 16.9. The number of nitrogens with one attached hydrogen (secondary N) is 1. The van der Waals surface area contributed by atoms with Gasteiger partial charge in [-0.15, -0.1) is 0 Å². The summed E-state index contributed by atoms with van der Waals surface area (Å²) in [5, 5.41) is 2.87. The van der Waals surface area contributed by atoms with E-state index in [0.29, 0.717) is 50.1 Å². The number of carbonyl (C=O) groups excluding carboxylic acids is 3. The third-order valence-electron chi connectivity index (χ3n) is 11.4. The SMILES string of the molecule is COc1cc([C@@H]2c3cc4c(cc3C[C@H]3COC(=O)[C@@H]32)OCO4)cc(OC)c1OC(=O)N[C@H](Cc1ccccc1)C(=O)N1CCN(C2CCCC2)CC1. The van der Waals surface area contributed by atoms with Gasteiger partial charge in [0.15, 0.2) is 23.0 Å². The van der Waals surface area contributed by atoms with Crippen LogP contribution < -0.4 is 29.0 Å². The van der Waals surface area contributed by atoms with Gasteiger partial charge in [0.2, 0.25) is 18.4 Å². The van der Waals surface area contributed by atoms with Crippen LogP contribution in [0.3, 0.4) is 0 Å². The molecule has 12 nitrogen and oxygen atoms in total. The minimum Gasteiger partial charge on any atom is -0.493 e. The Balaban J connectivity index is 1.05. The second-order valence-electron chi connectivity index (χ2n) is 14.3. The van der Waals surface area contributed by atoms with E-state index in [1.54, 1.807) is 12.1 Å². The van der Waals surface area contributed by atoms with Crippen molar-refractivity contribution in [1.29, 1.82) is 0 Å². The van der Waals surface area contributed by atoms with E-state index in [1.807, 2.05) is 47.4 Å². The maximum Gasteiger partial charge on any atom is 0.413 e. The number of hydrogen-bond donors (Lipinski definition) is 1. The van der Waals surface area contributed by atoms with E-state index in [4.69, 9.17) is 28.4 Å². The molecular formula is C40H45N3O9. The third kappa shape index (κ3) is 6.60. The fourth-order valence-electron chi connectivity index (χ4n) is 8.80. The molecule has 12 heteroatoms. The Labute approximate surface area is 303 Å². The minimum absolute atomic E-state index is 0.0196. The van der Waals surface area contributed by atoms with Crippen LogP contribution in [-0.4, -0.2) is 93.7 Å². The van der Waals surface area contributed by atoms with Crippen molar-refractivity contribution in [2.75, 3.05) is 53.8 Å². The van der Waals surface area contributed by atoms with Crippen molar-refractivity contribution < 1.29 is 42.8 Å².